The van der Waals surface area contributed by atoms with Gasteiger partial charge in [-0.25, -0.2) is 13.1 Å². The first-order valence-electron chi connectivity index (χ1n) is 7.24. The molecule has 1 aromatic rings. The van der Waals surface area contributed by atoms with E-state index in [1.54, 1.807) is 18.2 Å². The molecule has 0 aliphatic heterocycles. The van der Waals surface area contributed by atoms with Crippen LogP contribution in [0, 0.1) is 5.41 Å². The highest BCUT2D eigenvalue weighted by Crippen LogP contribution is 2.36. The Kier molecular flexibility index (Phi) is 5.13. The maximum atomic E-state index is 12.6. The highest BCUT2D eigenvalue weighted by atomic mass is 79.9. The van der Waals surface area contributed by atoms with Crippen LogP contribution in [0.1, 0.15) is 45.1 Å². The molecule has 1 saturated carbocycles. The lowest BCUT2D eigenvalue weighted by atomic mass is 9.75. The van der Waals surface area contributed by atoms with E-state index in [9.17, 15) is 8.42 Å². The number of sulfonamides is 1. The Morgan fingerprint density at radius 2 is 2.14 bits per heavy atom. The first-order valence-corrected chi connectivity index (χ1v) is 9.52. The quantitative estimate of drug-likeness (QED) is 0.849. The van der Waals surface area contributed by atoms with Crippen molar-refractivity contribution in [2.45, 2.75) is 57.0 Å². The molecule has 6 heteroatoms. The summed E-state index contributed by atoms with van der Waals surface area (Å²) in [6, 6.07) is 5.14. The molecule has 1 atom stereocenters. The molecule has 1 aromatic carbocycles. The fourth-order valence-electron chi connectivity index (χ4n) is 2.97. The van der Waals surface area contributed by atoms with Crippen LogP contribution in [-0.4, -0.2) is 14.5 Å². The first-order chi connectivity index (χ1) is 9.73. The van der Waals surface area contributed by atoms with Crippen molar-refractivity contribution in [3.05, 3.63) is 28.2 Å². The fourth-order valence-corrected chi connectivity index (χ4v) is 5.37. The first kappa shape index (κ1) is 16.9. The maximum absolute atomic E-state index is 12.6. The number of hydrogen-bond acceptors (Lipinski definition) is 3. The average molecular weight is 375 g/mol. The minimum absolute atomic E-state index is 0.0137. The van der Waals surface area contributed by atoms with Crippen LogP contribution in [0.25, 0.3) is 0 Å². The average Bonchev–Trinajstić information content (AvgIpc) is 2.36. The van der Waals surface area contributed by atoms with E-state index in [0.717, 1.165) is 31.2 Å². The van der Waals surface area contributed by atoms with Crippen LogP contribution in [0.5, 0.6) is 0 Å². The van der Waals surface area contributed by atoms with Gasteiger partial charge in [0.15, 0.2) is 0 Å². The molecule has 1 aliphatic rings. The Labute approximate surface area is 135 Å². The zero-order valence-electron chi connectivity index (χ0n) is 12.5. The molecule has 118 valence electrons. The number of halogens is 1. The Balaban J connectivity index is 2.19. The Hall–Kier alpha value is -0.430. The van der Waals surface area contributed by atoms with Gasteiger partial charge < -0.3 is 5.73 Å². The van der Waals surface area contributed by atoms with E-state index in [1.165, 1.54) is 0 Å². The molecule has 21 heavy (non-hydrogen) atoms. The summed E-state index contributed by atoms with van der Waals surface area (Å²) in [5, 5.41) is 0. The van der Waals surface area contributed by atoms with Crippen molar-refractivity contribution in [2.75, 3.05) is 0 Å². The summed E-state index contributed by atoms with van der Waals surface area (Å²) in [5.41, 5.74) is 6.67. The van der Waals surface area contributed by atoms with Gasteiger partial charge in [0.05, 0.1) is 4.90 Å². The number of rotatable bonds is 4. The second-order valence-electron chi connectivity index (χ2n) is 6.55. The lowest BCUT2D eigenvalue weighted by molar-refractivity contribution is 0.212. The van der Waals surface area contributed by atoms with E-state index in [2.05, 4.69) is 34.5 Å². The summed E-state index contributed by atoms with van der Waals surface area (Å²) in [7, 11) is -3.50. The van der Waals surface area contributed by atoms with E-state index in [1.807, 2.05) is 0 Å². The van der Waals surface area contributed by atoms with Gasteiger partial charge >= 0.3 is 0 Å². The van der Waals surface area contributed by atoms with Crippen LogP contribution in [0.3, 0.4) is 0 Å². The van der Waals surface area contributed by atoms with E-state index in [4.69, 9.17) is 5.73 Å². The lowest BCUT2D eigenvalue weighted by Gasteiger charge is -2.35. The zero-order valence-corrected chi connectivity index (χ0v) is 14.9. The molecule has 1 aliphatic carbocycles. The molecule has 4 nitrogen and oxygen atoms in total. The molecule has 1 unspecified atom stereocenters. The van der Waals surface area contributed by atoms with Crippen molar-refractivity contribution in [3.63, 3.8) is 0 Å². The largest absolute Gasteiger partial charge is 0.326 e. The molecule has 0 heterocycles. The Morgan fingerprint density at radius 3 is 2.71 bits per heavy atom. The fraction of sp³-hybridized carbons (Fsp3) is 0.600. The molecule has 3 N–H and O–H groups in total. The maximum Gasteiger partial charge on any atom is 0.241 e. The molecule has 0 amide bonds. The number of nitrogens with one attached hydrogen (secondary N) is 1. The summed E-state index contributed by atoms with van der Waals surface area (Å²) in [4.78, 5) is 0.281. The van der Waals surface area contributed by atoms with Crippen LogP contribution in [0.2, 0.25) is 0 Å². The minimum atomic E-state index is -3.50. The van der Waals surface area contributed by atoms with E-state index >= 15 is 0 Å². The summed E-state index contributed by atoms with van der Waals surface area (Å²) in [5.74, 6) is 0. The summed E-state index contributed by atoms with van der Waals surface area (Å²) >= 11 is 3.34. The molecule has 2 rings (SSSR count). The smallest absolute Gasteiger partial charge is 0.241 e. The van der Waals surface area contributed by atoms with E-state index < -0.39 is 10.0 Å². The Morgan fingerprint density at radius 1 is 1.43 bits per heavy atom. The van der Waals surface area contributed by atoms with Gasteiger partial charge in [-0.15, -0.1) is 0 Å². The Bertz CT molecular complexity index is 614. The van der Waals surface area contributed by atoms with E-state index in [-0.39, 0.29) is 16.4 Å². The summed E-state index contributed by atoms with van der Waals surface area (Å²) in [6.45, 7) is 4.78. The molecule has 0 spiro atoms. The molecule has 0 saturated heterocycles. The number of hydrogen-bond donors (Lipinski definition) is 2. The predicted molar refractivity (Wildman–Crippen MR) is 88.4 cm³/mol. The van der Waals surface area contributed by atoms with Crippen molar-refractivity contribution in [3.8, 4) is 0 Å². The van der Waals surface area contributed by atoms with Crippen LogP contribution < -0.4 is 10.5 Å². The minimum Gasteiger partial charge on any atom is -0.326 e. The van der Waals surface area contributed by atoms with Crippen LogP contribution >= 0.6 is 15.9 Å². The van der Waals surface area contributed by atoms with Gasteiger partial charge in [0.25, 0.3) is 0 Å². The molecule has 0 aromatic heterocycles. The zero-order chi connectivity index (χ0) is 15.7. The monoisotopic (exact) mass is 374 g/mol. The lowest BCUT2D eigenvalue weighted by Crippen LogP contribution is -2.40. The van der Waals surface area contributed by atoms with Crippen LogP contribution in [0.4, 0.5) is 0 Å². The van der Waals surface area contributed by atoms with Crippen molar-refractivity contribution in [1.29, 1.82) is 0 Å². The van der Waals surface area contributed by atoms with Gasteiger partial charge in [-0.3, -0.25) is 0 Å². The van der Waals surface area contributed by atoms with Gasteiger partial charge in [0.1, 0.15) is 0 Å². The van der Waals surface area contributed by atoms with Gasteiger partial charge in [-0.1, -0.05) is 26.3 Å². The third-order valence-electron chi connectivity index (χ3n) is 4.05. The van der Waals surface area contributed by atoms with Crippen molar-refractivity contribution < 1.29 is 8.42 Å². The predicted octanol–water partition coefficient (Wildman–Crippen LogP) is 3.15. The topological polar surface area (TPSA) is 72.2 Å². The number of nitrogens with two attached hydrogens (primary N) is 1. The third kappa shape index (κ3) is 4.28. The highest BCUT2D eigenvalue weighted by Gasteiger charge is 2.31. The van der Waals surface area contributed by atoms with Gasteiger partial charge in [-0.2, -0.15) is 0 Å². The standard InChI is InChI=1S/C15H23BrN2O2S/c1-15(2)7-3-4-12(9-15)18-21(19,20)14-6-5-11(10-17)8-13(14)16/h5-6,8,12,18H,3-4,7,9-10,17H2,1-2H3. The van der Waals surface area contributed by atoms with Crippen molar-refractivity contribution in [1.82, 2.24) is 4.72 Å². The molecule has 1 fully saturated rings. The summed E-state index contributed by atoms with van der Waals surface area (Å²) in [6.07, 6.45) is 4.00. The van der Waals surface area contributed by atoms with Gasteiger partial charge in [-0.05, 0) is 58.3 Å². The van der Waals surface area contributed by atoms with Gasteiger partial charge in [0.2, 0.25) is 10.0 Å². The molecular weight excluding hydrogens is 352 g/mol. The van der Waals surface area contributed by atoms with Crippen molar-refractivity contribution >= 4 is 26.0 Å². The summed E-state index contributed by atoms with van der Waals surface area (Å²) < 4.78 is 28.5. The second kappa shape index (κ2) is 6.36. The molecule has 0 bridgehead atoms. The molecular formula is C15H23BrN2O2S. The van der Waals surface area contributed by atoms with Gasteiger partial charge in [0, 0.05) is 17.1 Å². The highest BCUT2D eigenvalue weighted by molar-refractivity contribution is 9.10. The van der Waals surface area contributed by atoms with Crippen LogP contribution in [0.15, 0.2) is 27.6 Å². The van der Waals surface area contributed by atoms with Crippen molar-refractivity contribution in [2.24, 2.45) is 11.1 Å². The molecule has 0 radical (unpaired) electrons. The van der Waals surface area contributed by atoms with E-state index in [0.29, 0.717) is 11.0 Å². The second-order valence-corrected chi connectivity index (χ2v) is 9.08. The number of benzene rings is 1. The normalized spacial score (nSPS) is 22.2. The SMILES string of the molecule is CC1(C)CCCC(NS(=O)(=O)c2ccc(CN)cc2Br)C1. The third-order valence-corrected chi connectivity index (χ3v) is 6.55. The van der Waals surface area contributed by atoms with Crippen LogP contribution in [-0.2, 0) is 16.6 Å².